The van der Waals surface area contributed by atoms with Crippen molar-refractivity contribution in [1.82, 2.24) is 4.90 Å². The third-order valence-corrected chi connectivity index (χ3v) is 4.53. The van der Waals surface area contributed by atoms with Crippen molar-refractivity contribution in [3.05, 3.63) is 0 Å². The van der Waals surface area contributed by atoms with Crippen molar-refractivity contribution in [2.45, 2.75) is 69.4 Å². The summed E-state index contributed by atoms with van der Waals surface area (Å²) in [5.41, 5.74) is -0.338. The average Bonchev–Trinajstić information content (AvgIpc) is 3.13. The van der Waals surface area contributed by atoms with Gasteiger partial charge >= 0.3 is 0 Å². The largest absolute Gasteiger partial charge is 0.389 e. The third-order valence-electron chi connectivity index (χ3n) is 4.53. The van der Waals surface area contributed by atoms with Crippen LogP contribution in [0, 0.1) is 5.92 Å². The lowest BCUT2D eigenvalue weighted by molar-refractivity contribution is -0.0291. The third kappa shape index (κ3) is 2.78. The molecule has 3 aliphatic carbocycles. The first-order chi connectivity index (χ1) is 7.75. The van der Waals surface area contributed by atoms with Crippen LogP contribution in [0.5, 0.6) is 0 Å². The predicted molar refractivity (Wildman–Crippen MR) is 65.4 cm³/mol. The van der Waals surface area contributed by atoms with Gasteiger partial charge in [0.2, 0.25) is 0 Å². The number of hydrogen-bond acceptors (Lipinski definition) is 2. The fraction of sp³-hybridized carbons (Fsp3) is 1.00. The Bertz CT molecular complexity index is 239. The van der Waals surface area contributed by atoms with E-state index in [1.54, 1.807) is 0 Å². The van der Waals surface area contributed by atoms with Gasteiger partial charge in [0.15, 0.2) is 0 Å². The summed E-state index contributed by atoms with van der Waals surface area (Å²) < 4.78 is 0. The minimum absolute atomic E-state index is 0.338. The van der Waals surface area contributed by atoms with Crippen LogP contribution in [0.4, 0.5) is 0 Å². The molecule has 0 aliphatic heterocycles. The van der Waals surface area contributed by atoms with Crippen LogP contribution >= 0.6 is 0 Å². The molecule has 2 heteroatoms. The van der Waals surface area contributed by atoms with Crippen molar-refractivity contribution < 1.29 is 5.11 Å². The summed E-state index contributed by atoms with van der Waals surface area (Å²) in [5, 5.41) is 10.6. The van der Waals surface area contributed by atoms with Gasteiger partial charge in [-0.05, 0) is 44.4 Å². The first-order valence-electron chi connectivity index (χ1n) is 7.22. The summed E-state index contributed by atoms with van der Waals surface area (Å²) in [5.74, 6) is 0.966. The predicted octanol–water partition coefficient (Wildman–Crippen LogP) is 2.56. The highest BCUT2D eigenvalue weighted by atomic mass is 16.3. The molecule has 3 aliphatic rings. The lowest BCUT2D eigenvalue weighted by atomic mass is 9.84. The second-order valence-corrected chi connectivity index (χ2v) is 6.39. The minimum atomic E-state index is -0.338. The van der Waals surface area contributed by atoms with Gasteiger partial charge in [0.1, 0.15) is 0 Å². The Balaban J connectivity index is 1.56. The standard InChI is InChI=1S/C14H25NO/c16-14(8-2-1-3-9-14)11-15(13-6-7-13)10-12-4-5-12/h12-13,16H,1-11H2. The van der Waals surface area contributed by atoms with Gasteiger partial charge in [0.05, 0.1) is 5.60 Å². The molecular formula is C14H25NO. The second kappa shape index (κ2) is 4.30. The van der Waals surface area contributed by atoms with Gasteiger partial charge < -0.3 is 5.11 Å². The Morgan fingerprint density at radius 2 is 1.69 bits per heavy atom. The number of nitrogens with zero attached hydrogens (tertiary/aromatic N) is 1. The van der Waals surface area contributed by atoms with Crippen LogP contribution in [0.15, 0.2) is 0 Å². The summed E-state index contributed by atoms with van der Waals surface area (Å²) in [6.07, 6.45) is 11.5. The molecule has 0 saturated heterocycles. The molecule has 16 heavy (non-hydrogen) atoms. The molecule has 0 spiro atoms. The first kappa shape index (κ1) is 11.0. The van der Waals surface area contributed by atoms with E-state index in [0.29, 0.717) is 0 Å². The Kier molecular flexibility index (Phi) is 2.97. The molecule has 92 valence electrons. The van der Waals surface area contributed by atoms with Crippen LogP contribution in [-0.4, -0.2) is 34.7 Å². The van der Waals surface area contributed by atoms with Crippen molar-refractivity contribution in [3.63, 3.8) is 0 Å². The smallest absolute Gasteiger partial charge is 0.0774 e. The lowest BCUT2D eigenvalue weighted by Gasteiger charge is -2.37. The molecular weight excluding hydrogens is 198 g/mol. The molecule has 2 nitrogen and oxygen atoms in total. The summed E-state index contributed by atoms with van der Waals surface area (Å²) in [4.78, 5) is 2.61. The molecule has 3 fully saturated rings. The van der Waals surface area contributed by atoms with Crippen LogP contribution in [0.2, 0.25) is 0 Å². The maximum absolute atomic E-state index is 10.6. The Morgan fingerprint density at radius 1 is 1.00 bits per heavy atom. The van der Waals surface area contributed by atoms with Crippen LogP contribution in [0.1, 0.15) is 57.8 Å². The van der Waals surface area contributed by atoms with Crippen molar-refractivity contribution in [2.75, 3.05) is 13.1 Å². The maximum atomic E-state index is 10.6. The molecule has 0 radical (unpaired) electrons. The zero-order chi connectivity index (χ0) is 11.0. The van der Waals surface area contributed by atoms with Gasteiger partial charge in [-0.15, -0.1) is 0 Å². The van der Waals surface area contributed by atoms with Gasteiger partial charge in [-0.1, -0.05) is 19.3 Å². The molecule has 0 aromatic heterocycles. The van der Waals surface area contributed by atoms with Crippen LogP contribution < -0.4 is 0 Å². The molecule has 0 heterocycles. The van der Waals surface area contributed by atoms with E-state index in [4.69, 9.17) is 0 Å². The summed E-state index contributed by atoms with van der Waals surface area (Å²) in [6, 6.07) is 0.826. The number of hydrogen-bond donors (Lipinski definition) is 1. The molecule has 0 atom stereocenters. The summed E-state index contributed by atoms with van der Waals surface area (Å²) >= 11 is 0. The van der Waals surface area contributed by atoms with E-state index in [2.05, 4.69) is 4.90 Å². The highest BCUT2D eigenvalue weighted by molar-refractivity contribution is 4.94. The lowest BCUT2D eigenvalue weighted by Crippen LogP contribution is -2.46. The first-order valence-corrected chi connectivity index (χ1v) is 7.22. The van der Waals surface area contributed by atoms with E-state index >= 15 is 0 Å². The molecule has 0 aromatic rings. The normalized spacial score (nSPS) is 29.6. The quantitative estimate of drug-likeness (QED) is 0.774. The van der Waals surface area contributed by atoms with Gasteiger partial charge in [-0.25, -0.2) is 0 Å². The van der Waals surface area contributed by atoms with Crippen LogP contribution in [0.25, 0.3) is 0 Å². The highest BCUT2D eigenvalue weighted by Gasteiger charge is 2.39. The monoisotopic (exact) mass is 223 g/mol. The number of aliphatic hydroxyl groups is 1. The van der Waals surface area contributed by atoms with Gasteiger partial charge in [0.25, 0.3) is 0 Å². The van der Waals surface area contributed by atoms with Crippen LogP contribution in [-0.2, 0) is 0 Å². The van der Waals surface area contributed by atoms with Crippen molar-refractivity contribution in [2.24, 2.45) is 5.92 Å². The SMILES string of the molecule is OC1(CN(CC2CC2)C2CC2)CCCCC1. The summed E-state index contributed by atoms with van der Waals surface area (Å²) in [7, 11) is 0. The Morgan fingerprint density at radius 3 is 2.25 bits per heavy atom. The Labute approximate surface area is 99.0 Å². The van der Waals surface area contributed by atoms with E-state index in [9.17, 15) is 5.11 Å². The Hall–Kier alpha value is -0.0800. The van der Waals surface area contributed by atoms with Crippen molar-refractivity contribution in [3.8, 4) is 0 Å². The molecule has 0 bridgehead atoms. The van der Waals surface area contributed by atoms with E-state index in [-0.39, 0.29) is 5.60 Å². The zero-order valence-electron chi connectivity index (χ0n) is 10.3. The van der Waals surface area contributed by atoms with E-state index in [0.717, 1.165) is 31.3 Å². The molecule has 3 saturated carbocycles. The van der Waals surface area contributed by atoms with Gasteiger partial charge in [0, 0.05) is 19.1 Å². The van der Waals surface area contributed by atoms with Crippen molar-refractivity contribution >= 4 is 0 Å². The van der Waals surface area contributed by atoms with E-state index in [1.165, 1.54) is 51.5 Å². The molecule has 0 amide bonds. The van der Waals surface area contributed by atoms with E-state index in [1.807, 2.05) is 0 Å². The zero-order valence-corrected chi connectivity index (χ0v) is 10.3. The topological polar surface area (TPSA) is 23.5 Å². The second-order valence-electron chi connectivity index (χ2n) is 6.39. The minimum Gasteiger partial charge on any atom is -0.389 e. The number of rotatable bonds is 5. The summed E-state index contributed by atoms with van der Waals surface area (Å²) in [6.45, 7) is 2.24. The maximum Gasteiger partial charge on any atom is 0.0774 e. The van der Waals surface area contributed by atoms with Gasteiger partial charge in [-0.3, -0.25) is 4.90 Å². The molecule has 3 rings (SSSR count). The van der Waals surface area contributed by atoms with Gasteiger partial charge in [-0.2, -0.15) is 0 Å². The highest BCUT2D eigenvalue weighted by Crippen LogP contribution is 2.37. The fourth-order valence-electron chi connectivity index (χ4n) is 3.16. The molecule has 1 N–H and O–H groups in total. The van der Waals surface area contributed by atoms with Crippen LogP contribution in [0.3, 0.4) is 0 Å². The molecule has 0 aromatic carbocycles. The fourth-order valence-corrected chi connectivity index (χ4v) is 3.16. The van der Waals surface area contributed by atoms with Crippen molar-refractivity contribution in [1.29, 1.82) is 0 Å². The average molecular weight is 223 g/mol. The molecule has 0 unspecified atom stereocenters. The van der Waals surface area contributed by atoms with E-state index < -0.39 is 0 Å².